The zero-order chi connectivity index (χ0) is 17.8. The predicted molar refractivity (Wildman–Crippen MR) is 96.7 cm³/mol. The van der Waals surface area contributed by atoms with E-state index in [4.69, 9.17) is 0 Å². The first kappa shape index (κ1) is 16.4. The van der Waals surface area contributed by atoms with Gasteiger partial charge in [0.25, 0.3) is 11.8 Å². The molecule has 2 heterocycles. The molecular weight excluding hydrogens is 316 g/mol. The third-order valence-corrected chi connectivity index (χ3v) is 3.93. The lowest BCUT2D eigenvalue weighted by Crippen LogP contribution is -2.17. The lowest BCUT2D eigenvalue weighted by molar-refractivity contribution is 0.101. The van der Waals surface area contributed by atoms with Crippen molar-refractivity contribution in [2.75, 3.05) is 10.6 Å². The van der Waals surface area contributed by atoms with Crippen LogP contribution >= 0.6 is 0 Å². The highest BCUT2D eigenvalue weighted by Gasteiger charge is 2.12. The highest BCUT2D eigenvalue weighted by molar-refractivity contribution is 6.07. The Morgan fingerprint density at radius 2 is 1.64 bits per heavy atom. The van der Waals surface area contributed by atoms with Crippen molar-refractivity contribution >= 4 is 23.2 Å². The largest absolute Gasteiger partial charge is 0.344 e. The normalized spacial score (nSPS) is 10.3. The van der Waals surface area contributed by atoms with Gasteiger partial charge in [0.2, 0.25) is 0 Å². The molecule has 0 atom stereocenters. The van der Waals surface area contributed by atoms with Gasteiger partial charge in [-0.15, -0.1) is 0 Å². The van der Waals surface area contributed by atoms with Gasteiger partial charge in [-0.05, 0) is 49.4 Å². The first-order valence-corrected chi connectivity index (χ1v) is 7.80. The van der Waals surface area contributed by atoms with E-state index in [0.717, 1.165) is 5.69 Å². The molecule has 0 aliphatic rings. The summed E-state index contributed by atoms with van der Waals surface area (Å²) in [5, 5.41) is 5.61. The van der Waals surface area contributed by atoms with Crippen LogP contribution in [0.4, 0.5) is 11.4 Å². The molecule has 1 aromatic carbocycles. The number of nitrogens with one attached hydrogen (secondary N) is 2. The summed E-state index contributed by atoms with van der Waals surface area (Å²) in [6, 6.07) is 13.9. The molecule has 0 saturated carbocycles. The number of rotatable bonds is 4. The van der Waals surface area contributed by atoms with Gasteiger partial charge in [-0.25, -0.2) is 0 Å². The number of benzene rings is 1. The Morgan fingerprint density at radius 1 is 0.920 bits per heavy atom. The van der Waals surface area contributed by atoms with Crippen LogP contribution in [0.15, 0.2) is 60.9 Å². The lowest BCUT2D eigenvalue weighted by atomic mass is 10.2. The number of carbonyl (C=O) groups is 2. The Morgan fingerprint density at radius 3 is 2.32 bits per heavy atom. The smallest absolute Gasteiger partial charge is 0.272 e. The van der Waals surface area contributed by atoms with E-state index in [2.05, 4.69) is 15.6 Å². The average Bonchev–Trinajstić information content (AvgIpc) is 2.95. The number of aromatic nitrogens is 2. The Bertz CT molecular complexity index is 916. The summed E-state index contributed by atoms with van der Waals surface area (Å²) in [6.45, 7) is 1.93. The minimum atomic E-state index is -0.253. The summed E-state index contributed by atoms with van der Waals surface area (Å²) >= 11 is 0. The molecule has 6 nitrogen and oxygen atoms in total. The summed E-state index contributed by atoms with van der Waals surface area (Å²) in [4.78, 5) is 28.6. The van der Waals surface area contributed by atoms with E-state index in [-0.39, 0.29) is 11.8 Å². The predicted octanol–water partition coefficient (Wildman–Crippen LogP) is 3.23. The van der Waals surface area contributed by atoms with Crippen molar-refractivity contribution in [3.63, 3.8) is 0 Å². The Hall–Kier alpha value is -3.41. The number of pyridine rings is 1. The molecule has 2 amide bonds. The van der Waals surface area contributed by atoms with Crippen molar-refractivity contribution in [1.29, 1.82) is 0 Å². The van der Waals surface area contributed by atoms with Crippen LogP contribution in [0.25, 0.3) is 0 Å². The van der Waals surface area contributed by atoms with Gasteiger partial charge in [-0.3, -0.25) is 14.6 Å². The lowest BCUT2D eigenvalue weighted by Gasteiger charge is -2.09. The number of amides is 2. The second kappa shape index (κ2) is 7.00. The molecule has 2 N–H and O–H groups in total. The number of nitrogens with zero attached hydrogens (tertiary/aromatic N) is 2. The second-order valence-electron chi connectivity index (χ2n) is 5.64. The monoisotopic (exact) mass is 334 g/mol. The third kappa shape index (κ3) is 3.74. The standard InChI is InChI=1S/C19H18N4O2/c1-13-6-7-17(23(13)2)19(25)22-16-5-3-4-14(12-16)18(24)21-15-8-10-20-11-9-15/h3-12H,1-2H3,(H,22,25)(H,20,21,24). The molecule has 0 spiro atoms. The Labute approximate surface area is 145 Å². The van der Waals surface area contributed by atoms with Crippen LogP contribution in [-0.2, 0) is 7.05 Å². The third-order valence-electron chi connectivity index (χ3n) is 3.93. The maximum atomic E-state index is 12.4. The SMILES string of the molecule is Cc1ccc(C(=O)Nc2cccc(C(=O)Nc3ccncc3)c2)n1C. The zero-order valence-electron chi connectivity index (χ0n) is 14.0. The van der Waals surface area contributed by atoms with E-state index in [0.29, 0.717) is 22.6 Å². The van der Waals surface area contributed by atoms with Crippen LogP contribution in [0.5, 0.6) is 0 Å². The first-order chi connectivity index (χ1) is 12.0. The van der Waals surface area contributed by atoms with Crippen molar-refractivity contribution in [2.24, 2.45) is 7.05 Å². The number of hydrogen-bond donors (Lipinski definition) is 2. The molecule has 0 saturated heterocycles. The molecule has 6 heteroatoms. The fourth-order valence-electron chi connectivity index (χ4n) is 2.41. The van der Waals surface area contributed by atoms with Crippen LogP contribution in [0.3, 0.4) is 0 Å². The molecule has 3 aromatic rings. The minimum absolute atomic E-state index is 0.220. The van der Waals surface area contributed by atoms with Gasteiger partial charge in [0.05, 0.1) is 0 Å². The first-order valence-electron chi connectivity index (χ1n) is 7.80. The second-order valence-corrected chi connectivity index (χ2v) is 5.64. The average molecular weight is 334 g/mol. The molecule has 25 heavy (non-hydrogen) atoms. The molecule has 0 aliphatic carbocycles. The maximum absolute atomic E-state index is 12.4. The fourth-order valence-corrected chi connectivity index (χ4v) is 2.41. The summed E-state index contributed by atoms with van der Waals surface area (Å²) in [7, 11) is 1.84. The van der Waals surface area contributed by atoms with Crippen molar-refractivity contribution in [3.8, 4) is 0 Å². The zero-order valence-corrected chi connectivity index (χ0v) is 14.0. The van der Waals surface area contributed by atoms with Crippen LogP contribution < -0.4 is 10.6 Å². The molecule has 0 bridgehead atoms. The molecular formula is C19H18N4O2. The minimum Gasteiger partial charge on any atom is -0.344 e. The van der Waals surface area contributed by atoms with Gasteiger partial charge in [-0.2, -0.15) is 0 Å². The van der Waals surface area contributed by atoms with E-state index in [1.54, 1.807) is 54.9 Å². The van der Waals surface area contributed by atoms with Crippen LogP contribution in [-0.4, -0.2) is 21.4 Å². The van der Waals surface area contributed by atoms with Crippen LogP contribution in [0.1, 0.15) is 26.5 Å². The van der Waals surface area contributed by atoms with Crippen molar-refractivity contribution < 1.29 is 9.59 Å². The van der Waals surface area contributed by atoms with Crippen molar-refractivity contribution in [1.82, 2.24) is 9.55 Å². The van der Waals surface area contributed by atoms with E-state index < -0.39 is 0 Å². The van der Waals surface area contributed by atoms with E-state index >= 15 is 0 Å². The van der Waals surface area contributed by atoms with E-state index in [9.17, 15) is 9.59 Å². The molecule has 2 aromatic heterocycles. The van der Waals surface area contributed by atoms with Crippen molar-refractivity contribution in [2.45, 2.75) is 6.92 Å². The summed E-state index contributed by atoms with van der Waals surface area (Å²) in [6.07, 6.45) is 3.21. The van der Waals surface area contributed by atoms with Crippen LogP contribution in [0.2, 0.25) is 0 Å². The molecule has 0 unspecified atom stereocenters. The van der Waals surface area contributed by atoms with Crippen molar-refractivity contribution in [3.05, 3.63) is 77.9 Å². The topological polar surface area (TPSA) is 76.0 Å². The van der Waals surface area contributed by atoms with Gasteiger partial charge in [0.1, 0.15) is 5.69 Å². The van der Waals surface area contributed by atoms with Gasteiger partial charge in [-0.1, -0.05) is 6.07 Å². The summed E-state index contributed by atoms with van der Waals surface area (Å²) in [5.41, 5.74) is 3.23. The molecule has 0 aliphatic heterocycles. The van der Waals surface area contributed by atoms with Gasteiger partial charge in [0, 0.05) is 42.1 Å². The number of carbonyl (C=O) groups excluding carboxylic acids is 2. The van der Waals surface area contributed by atoms with Gasteiger partial charge in [0.15, 0.2) is 0 Å². The van der Waals surface area contributed by atoms with Gasteiger partial charge >= 0.3 is 0 Å². The molecule has 126 valence electrons. The molecule has 0 fully saturated rings. The maximum Gasteiger partial charge on any atom is 0.272 e. The molecule has 3 rings (SSSR count). The number of hydrogen-bond acceptors (Lipinski definition) is 3. The summed E-state index contributed by atoms with van der Waals surface area (Å²) in [5.74, 6) is -0.473. The van der Waals surface area contributed by atoms with E-state index in [1.165, 1.54) is 0 Å². The fraction of sp³-hybridized carbons (Fsp3) is 0.105. The Kier molecular flexibility index (Phi) is 4.61. The quantitative estimate of drug-likeness (QED) is 0.769. The Balaban J connectivity index is 1.74. The number of anilines is 2. The number of aryl methyl sites for hydroxylation is 1. The van der Waals surface area contributed by atoms with Gasteiger partial charge < -0.3 is 15.2 Å². The van der Waals surface area contributed by atoms with E-state index in [1.807, 2.05) is 24.6 Å². The summed E-state index contributed by atoms with van der Waals surface area (Å²) < 4.78 is 1.81. The van der Waals surface area contributed by atoms with Crippen LogP contribution in [0, 0.1) is 6.92 Å². The molecule has 0 radical (unpaired) electrons. The highest BCUT2D eigenvalue weighted by Crippen LogP contribution is 2.15. The highest BCUT2D eigenvalue weighted by atomic mass is 16.2.